The summed E-state index contributed by atoms with van der Waals surface area (Å²) in [5, 5.41) is 2.85. The Kier molecular flexibility index (Phi) is 7.76. The van der Waals surface area contributed by atoms with Gasteiger partial charge in [0.25, 0.3) is 5.91 Å². The van der Waals surface area contributed by atoms with Gasteiger partial charge in [-0.2, -0.15) is 0 Å². The van der Waals surface area contributed by atoms with Gasteiger partial charge in [-0.1, -0.05) is 0 Å². The number of carbonyl (C=O) groups excluding carboxylic acids is 1. The van der Waals surface area contributed by atoms with Crippen LogP contribution < -0.4 is 14.8 Å². The number of nitrogens with zero attached hydrogens (tertiary/aromatic N) is 1. The van der Waals surface area contributed by atoms with Crippen LogP contribution in [0.25, 0.3) is 0 Å². The summed E-state index contributed by atoms with van der Waals surface area (Å²) < 4.78 is 22.4. The largest absolute Gasteiger partial charge is 0.497 e. The summed E-state index contributed by atoms with van der Waals surface area (Å²) in [4.78, 5) is 14.9. The van der Waals surface area contributed by atoms with E-state index in [2.05, 4.69) is 23.2 Å². The topological polar surface area (TPSA) is 73.2 Å². The molecule has 0 unspecified atom stereocenters. The first-order valence-electron chi connectivity index (χ1n) is 10.4. The van der Waals surface area contributed by atoms with Gasteiger partial charge in [0, 0.05) is 32.8 Å². The SMILES string of the molecule is COCCNC(=O)c1ccc(OC)cc1OC1CCN(Cc2cc(C)c(C)o2)CC1. The zero-order chi connectivity index (χ0) is 21.5. The number of piperidine rings is 1. The Morgan fingerprint density at radius 1 is 1.20 bits per heavy atom. The molecule has 1 amide bonds. The second-order valence-electron chi connectivity index (χ2n) is 7.66. The van der Waals surface area contributed by atoms with Gasteiger partial charge in [0.2, 0.25) is 0 Å². The lowest BCUT2D eigenvalue weighted by Crippen LogP contribution is -2.38. The summed E-state index contributed by atoms with van der Waals surface area (Å²) in [6.07, 6.45) is 1.83. The Labute approximate surface area is 178 Å². The number of methoxy groups -OCH3 is 2. The molecule has 0 atom stereocenters. The third-order valence-corrected chi connectivity index (χ3v) is 5.45. The summed E-state index contributed by atoms with van der Waals surface area (Å²) >= 11 is 0. The lowest BCUT2D eigenvalue weighted by atomic mass is 10.1. The van der Waals surface area contributed by atoms with Crippen LogP contribution in [0.5, 0.6) is 11.5 Å². The van der Waals surface area contributed by atoms with Crippen molar-refractivity contribution in [2.45, 2.75) is 39.3 Å². The van der Waals surface area contributed by atoms with Gasteiger partial charge < -0.3 is 23.9 Å². The van der Waals surface area contributed by atoms with Crippen molar-refractivity contribution in [1.29, 1.82) is 0 Å². The third kappa shape index (κ3) is 5.77. The molecule has 0 radical (unpaired) electrons. The average molecular weight is 417 g/mol. The van der Waals surface area contributed by atoms with E-state index in [0.29, 0.717) is 30.2 Å². The molecule has 0 bridgehead atoms. The normalized spacial score (nSPS) is 15.2. The summed E-state index contributed by atoms with van der Waals surface area (Å²) in [6, 6.07) is 7.41. The standard InChI is InChI=1S/C23H32N2O5/c1-16-13-20(29-17(16)2)15-25-10-7-18(8-11-25)30-22-14-19(28-4)5-6-21(22)23(26)24-9-12-27-3/h5-6,13-14,18H,7-12,15H2,1-4H3,(H,24,26). The molecule has 7 nitrogen and oxygen atoms in total. The summed E-state index contributed by atoms with van der Waals surface area (Å²) in [5.41, 5.74) is 1.70. The van der Waals surface area contributed by atoms with Crippen molar-refractivity contribution < 1.29 is 23.4 Å². The maximum Gasteiger partial charge on any atom is 0.255 e. The molecule has 2 aromatic rings. The molecular weight excluding hydrogens is 384 g/mol. The van der Waals surface area contributed by atoms with Gasteiger partial charge in [-0.15, -0.1) is 0 Å². The highest BCUT2D eigenvalue weighted by Crippen LogP contribution is 2.28. The van der Waals surface area contributed by atoms with Crippen molar-refractivity contribution in [3.05, 3.63) is 46.9 Å². The molecule has 164 valence electrons. The highest BCUT2D eigenvalue weighted by atomic mass is 16.5. The Morgan fingerprint density at radius 2 is 1.97 bits per heavy atom. The predicted octanol–water partition coefficient (Wildman–Crippen LogP) is 3.32. The van der Waals surface area contributed by atoms with Crippen molar-refractivity contribution in [3.63, 3.8) is 0 Å². The predicted molar refractivity (Wildman–Crippen MR) is 114 cm³/mol. The fourth-order valence-electron chi connectivity index (χ4n) is 3.59. The summed E-state index contributed by atoms with van der Waals surface area (Å²) in [5.74, 6) is 3.04. The van der Waals surface area contributed by atoms with Crippen LogP contribution in [0.3, 0.4) is 0 Å². The minimum Gasteiger partial charge on any atom is -0.497 e. The van der Waals surface area contributed by atoms with Crippen LogP contribution >= 0.6 is 0 Å². The molecule has 30 heavy (non-hydrogen) atoms. The first-order valence-corrected chi connectivity index (χ1v) is 10.4. The van der Waals surface area contributed by atoms with Crippen LogP contribution in [-0.4, -0.2) is 57.4 Å². The van der Waals surface area contributed by atoms with Gasteiger partial charge in [-0.3, -0.25) is 9.69 Å². The number of rotatable bonds is 9. The molecule has 1 aromatic heterocycles. The number of aryl methyl sites for hydroxylation is 2. The maximum absolute atomic E-state index is 12.6. The highest BCUT2D eigenvalue weighted by Gasteiger charge is 2.24. The number of benzene rings is 1. The molecule has 0 saturated carbocycles. The summed E-state index contributed by atoms with van der Waals surface area (Å²) in [6.45, 7) is 7.63. The molecule has 1 saturated heterocycles. The molecule has 0 aliphatic carbocycles. The molecule has 1 aliphatic rings. The van der Waals surface area contributed by atoms with Crippen LogP contribution in [0.4, 0.5) is 0 Å². The van der Waals surface area contributed by atoms with E-state index in [4.69, 9.17) is 18.6 Å². The first kappa shape index (κ1) is 22.2. The lowest BCUT2D eigenvalue weighted by Gasteiger charge is -2.32. The van der Waals surface area contributed by atoms with Crippen molar-refractivity contribution in [3.8, 4) is 11.5 Å². The Balaban J connectivity index is 1.59. The van der Waals surface area contributed by atoms with Crippen LogP contribution in [0.2, 0.25) is 0 Å². The number of nitrogens with one attached hydrogen (secondary N) is 1. The highest BCUT2D eigenvalue weighted by molar-refractivity contribution is 5.97. The zero-order valence-electron chi connectivity index (χ0n) is 18.3. The van der Waals surface area contributed by atoms with Gasteiger partial charge in [-0.05, 0) is 50.5 Å². The van der Waals surface area contributed by atoms with E-state index in [1.807, 2.05) is 6.92 Å². The molecule has 1 aromatic carbocycles. The zero-order valence-corrected chi connectivity index (χ0v) is 18.3. The Morgan fingerprint density at radius 3 is 2.60 bits per heavy atom. The molecule has 3 rings (SSSR count). The second kappa shape index (κ2) is 10.5. The fraction of sp³-hybridized carbons (Fsp3) is 0.522. The van der Waals surface area contributed by atoms with Gasteiger partial charge in [0.1, 0.15) is 29.1 Å². The van der Waals surface area contributed by atoms with Crippen molar-refractivity contribution >= 4 is 5.91 Å². The minimum atomic E-state index is -0.175. The number of ether oxygens (including phenoxy) is 3. The summed E-state index contributed by atoms with van der Waals surface area (Å²) in [7, 11) is 3.21. The maximum atomic E-state index is 12.6. The minimum absolute atomic E-state index is 0.0546. The molecule has 1 N–H and O–H groups in total. The van der Waals surface area contributed by atoms with E-state index in [0.717, 1.165) is 44.0 Å². The Hall–Kier alpha value is -2.51. The number of amides is 1. The van der Waals surface area contributed by atoms with Crippen LogP contribution in [0.15, 0.2) is 28.7 Å². The molecule has 1 fully saturated rings. The van der Waals surface area contributed by atoms with E-state index >= 15 is 0 Å². The Bertz CT molecular complexity index is 821. The van der Waals surface area contributed by atoms with Crippen LogP contribution in [0.1, 0.15) is 40.3 Å². The van der Waals surface area contributed by atoms with E-state index in [1.165, 1.54) is 5.56 Å². The van der Waals surface area contributed by atoms with E-state index < -0.39 is 0 Å². The third-order valence-electron chi connectivity index (χ3n) is 5.45. The number of furan rings is 1. The quantitative estimate of drug-likeness (QED) is 0.632. The fourth-order valence-corrected chi connectivity index (χ4v) is 3.59. The second-order valence-corrected chi connectivity index (χ2v) is 7.66. The lowest BCUT2D eigenvalue weighted by molar-refractivity contribution is 0.0863. The molecule has 1 aliphatic heterocycles. The molecular formula is C23H32N2O5. The molecule has 0 spiro atoms. The van der Waals surface area contributed by atoms with Gasteiger partial charge in [0.05, 0.1) is 25.8 Å². The van der Waals surface area contributed by atoms with Crippen molar-refractivity contribution in [2.24, 2.45) is 0 Å². The number of carbonyl (C=O) groups is 1. The van der Waals surface area contributed by atoms with Gasteiger partial charge in [-0.25, -0.2) is 0 Å². The number of likely N-dealkylation sites (tertiary alicyclic amines) is 1. The number of hydrogen-bond donors (Lipinski definition) is 1. The van der Waals surface area contributed by atoms with E-state index in [9.17, 15) is 4.79 Å². The smallest absolute Gasteiger partial charge is 0.255 e. The van der Waals surface area contributed by atoms with Crippen molar-refractivity contribution in [2.75, 3.05) is 40.5 Å². The van der Waals surface area contributed by atoms with Crippen LogP contribution in [-0.2, 0) is 11.3 Å². The molecule has 7 heteroatoms. The monoisotopic (exact) mass is 416 g/mol. The first-order chi connectivity index (χ1) is 14.5. The molecule has 2 heterocycles. The van der Waals surface area contributed by atoms with Gasteiger partial charge >= 0.3 is 0 Å². The number of hydrogen-bond acceptors (Lipinski definition) is 6. The van der Waals surface area contributed by atoms with E-state index in [1.54, 1.807) is 32.4 Å². The van der Waals surface area contributed by atoms with Crippen LogP contribution in [0, 0.1) is 13.8 Å². The van der Waals surface area contributed by atoms with E-state index in [-0.39, 0.29) is 12.0 Å². The average Bonchev–Trinajstić information content (AvgIpc) is 3.06. The van der Waals surface area contributed by atoms with Gasteiger partial charge in [0.15, 0.2) is 0 Å². The van der Waals surface area contributed by atoms with Crippen molar-refractivity contribution in [1.82, 2.24) is 10.2 Å².